The van der Waals surface area contributed by atoms with E-state index in [0.29, 0.717) is 30.8 Å². The lowest BCUT2D eigenvalue weighted by Gasteiger charge is -2.25. The second-order valence-electron chi connectivity index (χ2n) is 6.17. The Bertz CT molecular complexity index is 699. The van der Waals surface area contributed by atoms with Crippen molar-refractivity contribution in [1.82, 2.24) is 10.2 Å². The summed E-state index contributed by atoms with van der Waals surface area (Å²) < 4.78 is 5.19. The molecule has 2 atom stereocenters. The molecule has 6 nitrogen and oxygen atoms in total. The number of benzene rings is 1. The number of carbonyl (C=O) groups is 2. The van der Waals surface area contributed by atoms with E-state index in [4.69, 9.17) is 4.42 Å². The highest BCUT2D eigenvalue weighted by atomic mass is 16.3. The lowest BCUT2D eigenvalue weighted by atomic mass is 10.1. The zero-order valence-corrected chi connectivity index (χ0v) is 13.9. The van der Waals surface area contributed by atoms with Gasteiger partial charge in [0.1, 0.15) is 11.8 Å². The fourth-order valence-corrected chi connectivity index (χ4v) is 3.12. The van der Waals surface area contributed by atoms with E-state index in [1.165, 1.54) is 0 Å². The van der Waals surface area contributed by atoms with Crippen molar-refractivity contribution in [3.8, 4) is 0 Å². The summed E-state index contributed by atoms with van der Waals surface area (Å²) in [5.41, 5.74) is 0.703. The monoisotopic (exact) mass is 342 g/mol. The van der Waals surface area contributed by atoms with Crippen molar-refractivity contribution < 1.29 is 19.1 Å². The highest BCUT2D eigenvalue weighted by molar-refractivity contribution is 5.88. The normalized spacial score (nSPS) is 18.1. The molecule has 2 amide bonds. The molecule has 1 aliphatic rings. The molecule has 2 unspecified atom stereocenters. The number of likely N-dealkylation sites (tertiary alicyclic amines) is 1. The van der Waals surface area contributed by atoms with Gasteiger partial charge in [0.25, 0.3) is 0 Å². The van der Waals surface area contributed by atoms with Gasteiger partial charge in [-0.1, -0.05) is 30.3 Å². The summed E-state index contributed by atoms with van der Waals surface area (Å²) in [4.78, 5) is 26.5. The molecular formula is C19H22N2O4. The number of rotatable bonds is 6. The Balaban J connectivity index is 1.56. The minimum Gasteiger partial charge on any atom is -0.467 e. The van der Waals surface area contributed by atoms with Gasteiger partial charge in [0.05, 0.1) is 25.3 Å². The molecule has 132 valence electrons. The molecular weight excluding hydrogens is 320 g/mol. The van der Waals surface area contributed by atoms with E-state index >= 15 is 0 Å². The minimum absolute atomic E-state index is 0.0218. The highest BCUT2D eigenvalue weighted by Gasteiger charge is 2.34. The van der Waals surface area contributed by atoms with Crippen molar-refractivity contribution in [3.63, 3.8) is 0 Å². The van der Waals surface area contributed by atoms with Gasteiger partial charge in [-0.25, -0.2) is 0 Å². The van der Waals surface area contributed by atoms with E-state index in [-0.39, 0.29) is 18.2 Å². The Morgan fingerprint density at radius 2 is 2.04 bits per heavy atom. The van der Waals surface area contributed by atoms with Crippen molar-refractivity contribution in [3.05, 3.63) is 60.1 Å². The van der Waals surface area contributed by atoms with E-state index in [1.807, 2.05) is 18.2 Å². The summed E-state index contributed by atoms with van der Waals surface area (Å²) in [6.07, 6.45) is 2.09. The van der Waals surface area contributed by atoms with Gasteiger partial charge in [-0.2, -0.15) is 0 Å². The quantitative estimate of drug-likeness (QED) is 0.841. The van der Waals surface area contributed by atoms with Crippen molar-refractivity contribution in [2.45, 2.75) is 38.0 Å². The second-order valence-corrected chi connectivity index (χ2v) is 6.17. The molecule has 25 heavy (non-hydrogen) atoms. The van der Waals surface area contributed by atoms with E-state index in [9.17, 15) is 14.7 Å². The zero-order valence-electron chi connectivity index (χ0n) is 13.9. The molecule has 0 spiro atoms. The van der Waals surface area contributed by atoms with Gasteiger partial charge in [-0.15, -0.1) is 0 Å². The summed E-state index contributed by atoms with van der Waals surface area (Å²) in [7, 11) is 0. The molecule has 1 fully saturated rings. The second kappa shape index (κ2) is 7.98. The third-order valence-electron chi connectivity index (χ3n) is 4.45. The van der Waals surface area contributed by atoms with Crippen LogP contribution in [0.15, 0.2) is 53.1 Å². The first kappa shape index (κ1) is 17.2. The predicted octanol–water partition coefficient (Wildman–Crippen LogP) is 2.01. The van der Waals surface area contributed by atoms with E-state index < -0.39 is 12.1 Å². The molecule has 0 bridgehead atoms. The molecule has 1 aromatic carbocycles. The van der Waals surface area contributed by atoms with Crippen LogP contribution in [0.25, 0.3) is 0 Å². The fourth-order valence-electron chi connectivity index (χ4n) is 3.12. The third kappa shape index (κ3) is 4.28. The van der Waals surface area contributed by atoms with Crippen LogP contribution in [-0.4, -0.2) is 34.4 Å². The van der Waals surface area contributed by atoms with E-state index in [1.54, 1.807) is 35.4 Å². The van der Waals surface area contributed by atoms with Gasteiger partial charge in [0.2, 0.25) is 11.8 Å². The fraction of sp³-hybridized carbons (Fsp3) is 0.368. The number of nitrogens with zero attached hydrogens (tertiary/aromatic N) is 1. The first-order chi connectivity index (χ1) is 12.1. The average Bonchev–Trinajstić information content (AvgIpc) is 3.32. The van der Waals surface area contributed by atoms with Gasteiger partial charge in [0, 0.05) is 6.54 Å². The maximum atomic E-state index is 12.5. The number of aliphatic hydroxyl groups is 1. The number of hydrogen-bond acceptors (Lipinski definition) is 4. The van der Waals surface area contributed by atoms with Crippen LogP contribution in [0.2, 0.25) is 0 Å². The maximum absolute atomic E-state index is 12.5. The molecule has 3 rings (SSSR count). The molecule has 1 aliphatic heterocycles. The Morgan fingerprint density at radius 3 is 2.76 bits per heavy atom. The van der Waals surface area contributed by atoms with Crippen LogP contribution in [0.1, 0.15) is 36.7 Å². The summed E-state index contributed by atoms with van der Waals surface area (Å²) in [5.74, 6) is 0.284. The molecule has 1 saturated heterocycles. The first-order valence-corrected chi connectivity index (χ1v) is 8.47. The van der Waals surface area contributed by atoms with Crippen molar-refractivity contribution in [1.29, 1.82) is 0 Å². The molecule has 2 aromatic rings. The molecule has 2 N–H and O–H groups in total. The highest BCUT2D eigenvalue weighted by Crippen LogP contribution is 2.23. The SMILES string of the molecule is O=C(NCc1ccco1)C1CCCN1C(=O)CC(O)c1ccccc1. The Hall–Kier alpha value is -2.60. The number of amides is 2. The third-order valence-corrected chi connectivity index (χ3v) is 4.45. The molecule has 0 aliphatic carbocycles. The van der Waals surface area contributed by atoms with E-state index in [0.717, 1.165) is 6.42 Å². The lowest BCUT2D eigenvalue weighted by molar-refractivity contribution is -0.140. The molecule has 0 saturated carbocycles. The summed E-state index contributed by atoms with van der Waals surface area (Å²) in [5, 5.41) is 13.1. The lowest BCUT2D eigenvalue weighted by Crippen LogP contribution is -2.46. The smallest absolute Gasteiger partial charge is 0.243 e. The number of hydrogen-bond donors (Lipinski definition) is 2. The molecule has 0 radical (unpaired) electrons. The number of aliphatic hydroxyl groups excluding tert-OH is 1. The maximum Gasteiger partial charge on any atom is 0.243 e. The molecule has 2 heterocycles. The largest absolute Gasteiger partial charge is 0.467 e. The van der Waals surface area contributed by atoms with Crippen LogP contribution >= 0.6 is 0 Å². The number of carbonyl (C=O) groups excluding carboxylic acids is 2. The van der Waals surface area contributed by atoms with Crippen LogP contribution < -0.4 is 5.32 Å². The standard InChI is InChI=1S/C19H22N2O4/c22-17(14-6-2-1-3-7-14)12-18(23)21-10-4-9-16(21)19(24)20-13-15-8-5-11-25-15/h1-3,5-8,11,16-17,22H,4,9-10,12-13H2,(H,20,24). The minimum atomic E-state index is -0.860. The van der Waals surface area contributed by atoms with Gasteiger partial charge in [-0.05, 0) is 30.5 Å². The topological polar surface area (TPSA) is 82.8 Å². The van der Waals surface area contributed by atoms with Gasteiger partial charge in [-0.3, -0.25) is 9.59 Å². The zero-order chi connectivity index (χ0) is 17.6. The van der Waals surface area contributed by atoms with Crippen LogP contribution in [0.5, 0.6) is 0 Å². The summed E-state index contributed by atoms with van der Waals surface area (Å²) >= 11 is 0. The van der Waals surface area contributed by atoms with E-state index in [2.05, 4.69) is 5.32 Å². The Kier molecular flexibility index (Phi) is 5.50. The summed E-state index contributed by atoms with van der Waals surface area (Å²) in [6.45, 7) is 0.843. The molecule has 6 heteroatoms. The van der Waals surface area contributed by atoms with Crippen LogP contribution in [0.3, 0.4) is 0 Å². The number of furan rings is 1. The average molecular weight is 342 g/mol. The van der Waals surface area contributed by atoms with Crippen molar-refractivity contribution in [2.75, 3.05) is 6.54 Å². The van der Waals surface area contributed by atoms with Crippen LogP contribution in [-0.2, 0) is 16.1 Å². The Labute approximate surface area is 146 Å². The van der Waals surface area contributed by atoms with Crippen LogP contribution in [0, 0.1) is 0 Å². The van der Waals surface area contributed by atoms with Gasteiger partial charge >= 0.3 is 0 Å². The van der Waals surface area contributed by atoms with Crippen LogP contribution in [0.4, 0.5) is 0 Å². The summed E-state index contributed by atoms with van der Waals surface area (Å²) in [6, 6.07) is 12.1. The number of nitrogens with one attached hydrogen (secondary N) is 1. The predicted molar refractivity (Wildman–Crippen MR) is 91.3 cm³/mol. The first-order valence-electron chi connectivity index (χ1n) is 8.47. The van der Waals surface area contributed by atoms with Gasteiger partial charge < -0.3 is 19.7 Å². The van der Waals surface area contributed by atoms with Gasteiger partial charge in [0.15, 0.2) is 0 Å². The Morgan fingerprint density at radius 1 is 1.24 bits per heavy atom. The van der Waals surface area contributed by atoms with Crippen molar-refractivity contribution >= 4 is 11.8 Å². The molecule has 1 aromatic heterocycles. The van der Waals surface area contributed by atoms with Crippen molar-refractivity contribution in [2.24, 2.45) is 0 Å².